The molecule has 63 heavy (non-hydrogen) atoms. The molecule has 0 aromatic rings. The van der Waals surface area contributed by atoms with Gasteiger partial charge in [-0.1, -0.05) is 164 Å². The first-order valence-corrected chi connectivity index (χ1v) is 26.1. The molecule has 0 heterocycles. The molecule has 1 aliphatic carbocycles. The number of esters is 1. The van der Waals surface area contributed by atoms with E-state index < -0.39 is 63.1 Å². The Labute approximate surface area is 381 Å². The monoisotopic (exact) mass is 913 g/mol. The molecule has 1 fully saturated rings. The third-order valence-corrected chi connectivity index (χ3v) is 12.1. The van der Waals surface area contributed by atoms with Gasteiger partial charge < -0.3 is 39.9 Å². The molecule has 13 heteroatoms. The molecular weight excluding hydrogens is 824 g/mol. The van der Waals surface area contributed by atoms with E-state index in [1.807, 2.05) is 0 Å². The van der Waals surface area contributed by atoms with Crippen molar-refractivity contribution in [2.24, 2.45) is 0 Å². The molecule has 0 spiro atoms. The molecule has 6 atom stereocenters. The van der Waals surface area contributed by atoms with Crippen LogP contribution in [0.2, 0.25) is 0 Å². The number of carbonyl (C=O) groups is 1. The van der Waals surface area contributed by atoms with E-state index >= 15 is 0 Å². The van der Waals surface area contributed by atoms with Crippen LogP contribution in [0.15, 0.2) is 60.8 Å². The van der Waals surface area contributed by atoms with E-state index in [2.05, 4.69) is 74.6 Å². The van der Waals surface area contributed by atoms with E-state index in [-0.39, 0.29) is 13.0 Å². The Kier molecular flexibility index (Phi) is 37.8. The second-order valence-corrected chi connectivity index (χ2v) is 18.3. The minimum Gasteiger partial charge on any atom is -0.457 e. The molecular formula is C50H89O12P. The van der Waals surface area contributed by atoms with E-state index in [1.54, 1.807) is 0 Å². The molecule has 0 amide bonds. The maximum atomic E-state index is 12.8. The van der Waals surface area contributed by atoms with Crippen molar-refractivity contribution < 1.29 is 58.3 Å². The molecule has 0 bridgehead atoms. The maximum Gasteiger partial charge on any atom is 0.472 e. The van der Waals surface area contributed by atoms with E-state index in [0.29, 0.717) is 13.0 Å². The van der Waals surface area contributed by atoms with Gasteiger partial charge in [-0.2, -0.15) is 0 Å². The van der Waals surface area contributed by atoms with Crippen LogP contribution in [-0.2, 0) is 27.9 Å². The number of hydrogen-bond donors (Lipinski definition) is 6. The molecule has 1 saturated carbocycles. The quantitative estimate of drug-likeness (QED) is 0.0147. The number of allylic oxidation sites excluding steroid dienone is 10. The van der Waals surface area contributed by atoms with Gasteiger partial charge in [-0.15, -0.1) is 0 Å². The molecule has 0 radical (unpaired) electrons. The lowest BCUT2D eigenvalue weighted by Crippen LogP contribution is -2.64. The number of phosphoric acid groups is 1. The summed E-state index contributed by atoms with van der Waals surface area (Å²) in [7, 11) is -5.03. The van der Waals surface area contributed by atoms with E-state index in [0.717, 1.165) is 89.9 Å². The van der Waals surface area contributed by atoms with Crippen LogP contribution in [0, 0.1) is 0 Å². The summed E-state index contributed by atoms with van der Waals surface area (Å²) < 4.78 is 34.2. The minimum absolute atomic E-state index is 0.0861. The predicted octanol–water partition coefficient (Wildman–Crippen LogP) is 10.6. The van der Waals surface area contributed by atoms with Crippen molar-refractivity contribution in [2.45, 2.75) is 230 Å². The number of phosphoric ester groups is 1. The molecule has 12 nitrogen and oxygen atoms in total. The molecule has 0 aliphatic heterocycles. The summed E-state index contributed by atoms with van der Waals surface area (Å²) in [4.78, 5) is 23.2. The zero-order valence-electron chi connectivity index (χ0n) is 39.1. The van der Waals surface area contributed by atoms with Crippen molar-refractivity contribution in [1.82, 2.24) is 0 Å². The van der Waals surface area contributed by atoms with Gasteiger partial charge in [-0.3, -0.25) is 13.8 Å². The second-order valence-electron chi connectivity index (χ2n) is 16.9. The smallest absolute Gasteiger partial charge is 0.457 e. The van der Waals surface area contributed by atoms with Crippen LogP contribution in [0.5, 0.6) is 0 Å². The summed E-state index contributed by atoms with van der Waals surface area (Å²) >= 11 is 0. The zero-order chi connectivity index (χ0) is 46.2. The predicted molar refractivity (Wildman–Crippen MR) is 253 cm³/mol. The molecule has 6 unspecified atom stereocenters. The van der Waals surface area contributed by atoms with Gasteiger partial charge in [0.2, 0.25) is 0 Å². The lowest BCUT2D eigenvalue weighted by atomic mass is 9.85. The number of rotatable bonds is 41. The number of carbonyl (C=O) groups excluding carboxylic acids is 1. The number of aliphatic hydroxyl groups is 5. The molecule has 6 N–H and O–H groups in total. The summed E-state index contributed by atoms with van der Waals surface area (Å²) in [6, 6.07) is 0. The van der Waals surface area contributed by atoms with Crippen LogP contribution in [0.3, 0.4) is 0 Å². The summed E-state index contributed by atoms with van der Waals surface area (Å²) in [6.07, 6.45) is 38.5. The Morgan fingerprint density at radius 2 is 0.937 bits per heavy atom. The van der Waals surface area contributed by atoms with Crippen molar-refractivity contribution >= 4 is 13.8 Å². The van der Waals surface area contributed by atoms with Crippen LogP contribution in [0.25, 0.3) is 0 Å². The highest BCUT2D eigenvalue weighted by Gasteiger charge is 2.51. The van der Waals surface area contributed by atoms with Gasteiger partial charge in [-0.25, -0.2) is 4.57 Å². The summed E-state index contributed by atoms with van der Waals surface area (Å²) in [5.74, 6) is -0.489. The number of ether oxygens (including phenoxy) is 2. The van der Waals surface area contributed by atoms with Crippen LogP contribution < -0.4 is 0 Å². The lowest BCUT2D eigenvalue weighted by Gasteiger charge is -2.41. The number of unbranched alkanes of at least 4 members (excludes halogenated alkanes) is 19. The molecule has 0 aromatic heterocycles. The molecule has 0 saturated heterocycles. The first-order valence-electron chi connectivity index (χ1n) is 24.6. The van der Waals surface area contributed by atoms with Gasteiger partial charge in [0.1, 0.15) is 42.7 Å². The average Bonchev–Trinajstić information content (AvgIpc) is 3.27. The molecule has 1 aliphatic rings. The van der Waals surface area contributed by atoms with Gasteiger partial charge in [0.05, 0.1) is 13.2 Å². The first-order chi connectivity index (χ1) is 30.5. The van der Waals surface area contributed by atoms with Gasteiger partial charge in [0.15, 0.2) is 0 Å². The highest BCUT2D eigenvalue weighted by Crippen LogP contribution is 2.47. The van der Waals surface area contributed by atoms with Crippen molar-refractivity contribution in [3.63, 3.8) is 0 Å². The van der Waals surface area contributed by atoms with E-state index in [1.165, 1.54) is 70.6 Å². The maximum absolute atomic E-state index is 12.8. The first kappa shape index (κ1) is 59.1. The standard InChI is InChI=1S/C50H89O12P/c1-3-5-7-9-11-13-15-17-19-20-21-22-23-24-25-27-29-31-33-35-37-39-44(51)61-43(42-60-63(57,58)62-50-48(55)46(53)45(52)47(54)49(50)56)41-59-40-38-36-34-32-30-28-26-18-16-14-12-10-8-6-4-2/h5,7,11,13,16-19,21-22,43,45-50,52-56H,3-4,6,8-10,12,14-15,20,23-42H2,1-2H3,(H,57,58)/b7-5-,13-11-,18-16-,19-17-,22-21-. The topological polar surface area (TPSA) is 192 Å². The van der Waals surface area contributed by atoms with Crippen LogP contribution in [-0.4, -0.2) is 98.9 Å². The Bertz CT molecular complexity index is 1270. The van der Waals surface area contributed by atoms with Crippen LogP contribution in [0.4, 0.5) is 0 Å². The number of hydrogen-bond acceptors (Lipinski definition) is 11. The van der Waals surface area contributed by atoms with Gasteiger partial charge in [-0.05, 0) is 77.0 Å². The van der Waals surface area contributed by atoms with Gasteiger partial charge in [0, 0.05) is 13.0 Å². The van der Waals surface area contributed by atoms with E-state index in [9.17, 15) is 39.8 Å². The van der Waals surface area contributed by atoms with Crippen molar-refractivity contribution in [3.05, 3.63) is 60.8 Å². The Hall–Kier alpha value is -1.96. The number of aliphatic hydroxyl groups excluding tert-OH is 5. The Morgan fingerprint density at radius 1 is 0.524 bits per heavy atom. The second kappa shape index (κ2) is 40.3. The van der Waals surface area contributed by atoms with Crippen molar-refractivity contribution in [3.8, 4) is 0 Å². The minimum atomic E-state index is -5.03. The normalized spacial score (nSPS) is 22.3. The Morgan fingerprint density at radius 3 is 1.44 bits per heavy atom. The van der Waals surface area contributed by atoms with Gasteiger partial charge >= 0.3 is 13.8 Å². The summed E-state index contributed by atoms with van der Waals surface area (Å²) in [6.45, 7) is 4.12. The van der Waals surface area contributed by atoms with Crippen molar-refractivity contribution in [2.75, 3.05) is 19.8 Å². The highest BCUT2D eigenvalue weighted by atomic mass is 31.2. The molecule has 366 valence electrons. The summed E-state index contributed by atoms with van der Waals surface area (Å²) in [5, 5.41) is 50.2. The van der Waals surface area contributed by atoms with Gasteiger partial charge in [0.25, 0.3) is 0 Å². The SMILES string of the molecule is CC/C=C\C/C=C\C/C=C\C/C=C\CCCCCCCCCCC(=O)OC(COCCCCCCCC/C=C\CCCCCCC)COP(=O)(O)OC1C(O)C(O)C(O)C(O)C1O. The Balaban J connectivity index is 2.37. The average molecular weight is 913 g/mol. The van der Waals surface area contributed by atoms with Crippen LogP contribution in [0.1, 0.15) is 187 Å². The highest BCUT2D eigenvalue weighted by molar-refractivity contribution is 7.47. The fourth-order valence-corrected chi connectivity index (χ4v) is 8.20. The van der Waals surface area contributed by atoms with Crippen LogP contribution >= 0.6 is 7.82 Å². The molecule has 0 aromatic carbocycles. The molecule has 1 rings (SSSR count). The third kappa shape index (κ3) is 32.4. The fraction of sp³-hybridized carbons (Fsp3) is 0.780. The largest absolute Gasteiger partial charge is 0.472 e. The lowest BCUT2D eigenvalue weighted by molar-refractivity contribution is -0.220. The third-order valence-electron chi connectivity index (χ3n) is 11.1. The summed E-state index contributed by atoms with van der Waals surface area (Å²) in [5.41, 5.74) is 0. The van der Waals surface area contributed by atoms with E-state index in [4.69, 9.17) is 18.5 Å². The zero-order valence-corrected chi connectivity index (χ0v) is 40.0. The fourth-order valence-electron chi connectivity index (χ4n) is 7.22. The van der Waals surface area contributed by atoms with Crippen molar-refractivity contribution in [1.29, 1.82) is 0 Å².